The predicted octanol–water partition coefficient (Wildman–Crippen LogP) is 1.80. The second-order valence-corrected chi connectivity index (χ2v) is 4.70. The second-order valence-electron chi connectivity index (χ2n) is 4.70. The van der Waals surface area contributed by atoms with E-state index in [1.165, 1.54) is 7.11 Å². The Morgan fingerprint density at radius 3 is 2.36 bits per heavy atom. The first-order chi connectivity index (χ1) is 6.39. The van der Waals surface area contributed by atoms with Crippen LogP contribution in [0, 0.1) is 17.3 Å². The summed E-state index contributed by atoms with van der Waals surface area (Å²) in [5.74, 6) is 0.474. The Labute approximate surface area is 84.8 Å². The highest BCUT2D eigenvalue weighted by Gasteiger charge is 2.50. The van der Waals surface area contributed by atoms with Crippen molar-refractivity contribution in [1.82, 2.24) is 0 Å². The zero-order valence-corrected chi connectivity index (χ0v) is 9.29. The van der Waals surface area contributed by atoms with Crippen molar-refractivity contribution in [2.75, 3.05) is 7.11 Å². The minimum absolute atomic E-state index is 0.0416. The molecule has 0 radical (unpaired) electrons. The highest BCUT2D eigenvalue weighted by molar-refractivity contribution is 5.80. The first-order valence-electron chi connectivity index (χ1n) is 4.96. The van der Waals surface area contributed by atoms with Crippen LogP contribution in [-0.2, 0) is 14.3 Å². The van der Waals surface area contributed by atoms with Crippen LogP contribution in [0.15, 0.2) is 0 Å². The SMILES string of the molecule is COC(=O)C[C@H]1C[C@@H](C(C)=O)C1(C)C. The Morgan fingerprint density at radius 2 is 2.00 bits per heavy atom. The van der Waals surface area contributed by atoms with Crippen LogP contribution in [0.3, 0.4) is 0 Å². The third-order valence-corrected chi connectivity index (χ3v) is 3.60. The number of hydrogen-bond acceptors (Lipinski definition) is 3. The first kappa shape index (κ1) is 11.2. The zero-order valence-electron chi connectivity index (χ0n) is 9.29. The average molecular weight is 198 g/mol. The van der Waals surface area contributed by atoms with Crippen molar-refractivity contribution in [2.24, 2.45) is 17.3 Å². The summed E-state index contributed by atoms with van der Waals surface area (Å²) in [7, 11) is 1.40. The Hall–Kier alpha value is -0.860. The molecule has 0 aliphatic heterocycles. The summed E-state index contributed by atoms with van der Waals surface area (Å²) >= 11 is 0. The fourth-order valence-corrected chi connectivity index (χ4v) is 2.34. The van der Waals surface area contributed by atoms with Gasteiger partial charge in [-0.3, -0.25) is 9.59 Å². The molecule has 0 aromatic carbocycles. The molecule has 0 bridgehead atoms. The van der Waals surface area contributed by atoms with Gasteiger partial charge < -0.3 is 4.74 Å². The Kier molecular flexibility index (Phi) is 2.98. The van der Waals surface area contributed by atoms with E-state index >= 15 is 0 Å². The van der Waals surface area contributed by atoms with Gasteiger partial charge in [0.05, 0.1) is 7.11 Å². The van der Waals surface area contributed by atoms with Crippen molar-refractivity contribution >= 4 is 11.8 Å². The fraction of sp³-hybridized carbons (Fsp3) is 0.818. The normalized spacial score (nSPS) is 29.1. The summed E-state index contributed by atoms with van der Waals surface area (Å²) in [6.07, 6.45) is 1.27. The summed E-state index contributed by atoms with van der Waals surface area (Å²) in [5, 5.41) is 0. The number of methoxy groups -OCH3 is 1. The number of ketones is 1. The van der Waals surface area contributed by atoms with Crippen LogP contribution in [0.4, 0.5) is 0 Å². The van der Waals surface area contributed by atoms with E-state index in [2.05, 4.69) is 18.6 Å². The Morgan fingerprint density at radius 1 is 1.43 bits per heavy atom. The van der Waals surface area contributed by atoms with E-state index in [4.69, 9.17) is 0 Å². The van der Waals surface area contributed by atoms with Crippen molar-refractivity contribution < 1.29 is 14.3 Å². The lowest BCUT2D eigenvalue weighted by molar-refractivity contribution is -0.151. The monoisotopic (exact) mass is 198 g/mol. The van der Waals surface area contributed by atoms with E-state index in [1.54, 1.807) is 6.92 Å². The van der Waals surface area contributed by atoms with Crippen molar-refractivity contribution in [3.63, 3.8) is 0 Å². The van der Waals surface area contributed by atoms with Crippen molar-refractivity contribution in [3.8, 4) is 0 Å². The van der Waals surface area contributed by atoms with Crippen LogP contribution in [0.1, 0.15) is 33.6 Å². The van der Waals surface area contributed by atoms with Crippen LogP contribution in [0.25, 0.3) is 0 Å². The van der Waals surface area contributed by atoms with E-state index in [-0.39, 0.29) is 23.1 Å². The molecule has 3 nitrogen and oxygen atoms in total. The molecule has 0 spiro atoms. The van der Waals surface area contributed by atoms with Crippen LogP contribution in [0.5, 0.6) is 0 Å². The number of carbonyl (C=O) groups excluding carboxylic acids is 2. The molecular formula is C11H18O3. The Balaban J connectivity index is 2.54. The number of carbonyl (C=O) groups is 2. The van der Waals surface area contributed by atoms with E-state index in [1.807, 2.05) is 0 Å². The van der Waals surface area contributed by atoms with Gasteiger partial charge in [-0.2, -0.15) is 0 Å². The molecule has 1 rings (SSSR count). The number of rotatable bonds is 3. The molecule has 1 aliphatic carbocycles. The van der Waals surface area contributed by atoms with Crippen LogP contribution in [0.2, 0.25) is 0 Å². The van der Waals surface area contributed by atoms with Gasteiger partial charge in [-0.1, -0.05) is 13.8 Å². The van der Waals surface area contributed by atoms with Gasteiger partial charge in [0.1, 0.15) is 5.78 Å². The van der Waals surface area contributed by atoms with Crippen LogP contribution in [-0.4, -0.2) is 18.9 Å². The largest absolute Gasteiger partial charge is 0.469 e. The highest BCUT2D eigenvalue weighted by atomic mass is 16.5. The topological polar surface area (TPSA) is 43.4 Å². The van der Waals surface area contributed by atoms with Crippen LogP contribution < -0.4 is 0 Å². The van der Waals surface area contributed by atoms with E-state index in [0.29, 0.717) is 12.3 Å². The molecule has 0 aromatic heterocycles. The van der Waals surface area contributed by atoms with Gasteiger partial charge in [0.25, 0.3) is 0 Å². The van der Waals surface area contributed by atoms with Crippen molar-refractivity contribution in [2.45, 2.75) is 33.6 Å². The number of hydrogen-bond donors (Lipinski definition) is 0. The second kappa shape index (κ2) is 3.71. The highest BCUT2D eigenvalue weighted by Crippen LogP contribution is 2.53. The maximum Gasteiger partial charge on any atom is 0.305 e. The quantitative estimate of drug-likeness (QED) is 0.649. The third-order valence-electron chi connectivity index (χ3n) is 3.60. The molecule has 0 unspecified atom stereocenters. The molecule has 1 fully saturated rings. The van der Waals surface area contributed by atoms with E-state index < -0.39 is 0 Å². The van der Waals surface area contributed by atoms with Crippen molar-refractivity contribution in [3.05, 3.63) is 0 Å². The van der Waals surface area contributed by atoms with Crippen LogP contribution >= 0.6 is 0 Å². The smallest absolute Gasteiger partial charge is 0.305 e. The summed E-state index contributed by atoms with van der Waals surface area (Å²) in [5.41, 5.74) is -0.0416. The maximum absolute atomic E-state index is 11.2. The average Bonchev–Trinajstić information content (AvgIpc) is 2.10. The molecular weight excluding hydrogens is 180 g/mol. The summed E-state index contributed by atoms with van der Waals surface area (Å²) in [6, 6.07) is 0. The molecule has 0 heterocycles. The number of ether oxygens (including phenoxy) is 1. The van der Waals surface area contributed by atoms with Crippen molar-refractivity contribution in [1.29, 1.82) is 0 Å². The molecule has 80 valence electrons. The molecule has 1 aliphatic rings. The summed E-state index contributed by atoms with van der Waals surface area (Å²) in [6.45, 7) is 5.73. The van der Waals surface area contributed by atoms with Gasteiger partial charge in [0.15, 0.2) is 0 Å². The molecule has 0 amide bonds. The lowest BCUT2D eigenvalue weighted by Gasteiger charge is -2.50. The first-order valence-corrected chi connectivity index (χ1v) is 4.96. The molecule has 3 heteroatoms. The predicted molar refractivity (Wildman–Crippen MR) is 52.7 cm³/mol. The van der Waals surface area contributed by atoms with E-state index in [0.717, 1.165) is 6.42 Å². The van der Waals surface area contributed by atoms with Gasteiger partial charge in [-0.25, -0.2) is 0 Å². The molecule has 0 N–H and O–H groups in total. The lowest BCUT2D eigenvalue weighted by atomic mass is 9.53. The molecule has 14 heavy (non-hydrogen) atoms. The minimum atomic E-state index is -0.176. The zero-order chi connectivity index (χ0) is 10.9. The molecule has 1 saturated carbocycles. The molecule has 0 saturated heterocycles. The molecule has 0 aromatic rings. The Bertz CT molecular complexity index is 255. The maximum atomic E-state index is 11.2. The fourth-order valence-electron chi connectivity index (χ4n) is 2.34. The third kappa shape index (κ3) is 1.81. The minimum Gasteiger partial charge on any atom is -0.469 e. The lowest BCUT2D eigenvalue weighted by Crippen LogP contribution is -2.48. The van der Waals surface area contributed by atoms with Gasteiger partial charge >= 0.3 is 5.97 Å². The summed E-state index contributed by atoms with van der Waals surface area (Å²) < 4.78 is 4.62. The van der Waals surface area contributed by atoms with Gasteiger partial charge in [0.2, 0.25) is 0 Å². The van der Waals surface area contributed by atoms with Gasteiger partial charge in [-0.15, -0.1) is 0 Å². The van der Waals surface area contributed by atoms with Gasteiger partial charge in [0, 0.05) is 12.3 Å². The van der Waals surface area contributed by atoms with E-state index in [9.17, 15) is 9.59 Å². The van der Waals surface area contributed by atoms with Gasteiger partial charge in [-0.05, 0) is 24.7 Å². The summed E-state index contributed by atoms with van der Waals surface area (Å²) in [4.78, 5) is 22.3. The molecule has 2 atom stereocenters. The number of Topliss-reactive ketones (excluding diaryl/α,β-unsaturated/α-hetero) is 1. The standard InChI is InChI=1S/C11H18O3/c1-7(12)9-5-8(11(9,2)3)6-10(13)14-4/h8-9H,5-6H2,1-4H3/t8-,9+/m1/s1. The number of esters is 1.